The van der Waals surface area contributed by atoms with Crippen molar-refractivity contribution in [3.05, 3.63) is 226 Å². The minimum atomic E-state index is -0.173. The van der Waals surface area contributed by atoms with Crippen LogP contribution in [0, 0.1) is 13.8 Å². The quantitative estimate of drug-likeness (QED) is 0.114. The maximum Gasteiger partial charge on any atom is 0.261 e. The van der Waals surface area contributed by atoms with Gasteiger partial charge in [0.1, 0.15) is 11.5 Å². The lowest BCUT2D eigenvalue weighted by molar-refractivity contribution is 0.0653. The number of aryl methyl sites for hydroxylation is 2. The number of carbonyl (C=O) groups is 2. The number of fused-ring (bicyclic) bond motifs is 10. The van der Waals surface area contributed by atoms with Crippen LogP contribution in [0.5, 0.6) is 11.5 Å². The molecule has 0 unspecified atom stereocenters. The minimum Gasteiger partial charge on any atom is -0.496 e. The Hall–Kier alpha value is -8.68. The van der Waals surface area contributed by atoms with Crippen LogP contribution in [-0.2, 0) is 25.7 Å². The third-order valence-electron chi connectivity index (χ3n) is 15.4. The maximum atomic E-state index is 14.7. The van der Waals surface area contributed by atoms with E-state index in [1.54, 1.807) is 14.2 Å². The van der Waals surface area contributed by atoms with E-state index in [0.717, 1.165) is 112 Å². The summed E-state index contributed by atoms with van der Waals surface area (Å²) in [6.07, 6.45) is 3.37. The van der Waals surface area contributed by atoms with E-state index >= 15 is 0 Å². The first-order chi connectivity index (χ1) is 36.3. The van der Waals surface area contributed by atoms with Crippen molar-refractivity contribution >= 4 is 45.9 Å². The molecule has 7 heteroatoms. The highest BCUT2D eigenvalue weighted by atomic mass is 16.5. The number of benzene rings is 9. The highest BCUT2D eigenvalue weighted by Crippen LogP contribution is 2.56. The second-order valence-electron chi connectivity index (χ2n) is 19.6. The zero-order chi connectivity index (χ0) is 50.6. The van der Waals surface area contributed by atoms with Gasteiger partial charge in [-0.3, -0.25) is 14.5 Å². The first kappa shape index (κ1) is 46.4. The van der Waals surface area contributed by atoms with Gasteiger partial charge in [-0.1, -0.05) is 104 Å². The fourth-order valence-corrected chi connectivity index (χ4v) is 12.3. The SMILES string of the molecule is CCCN1C(=O)c2c3c(c4c(c2C1=O)CCc1cc(-c2ccc(N(c5ccccc5)c5ccccc5)cc2)c(OC)c(C)c1-4)-c1c(cc(-c2ccc(N(c4ccccc4)c4ccccc4)cc2)c(OC)c1C)CC3. The van der Waals surface area contributed by atoms with Gasteiger partial charge in [0, 0.05) is 51.8 Å². The predicted molar refractivity (Wildman–Crippen MR) is 301 cm³/mol. The number of imide groups is 1. The van der Waals surface area contributed by atoms with E-state index < -0.39 is 0 Å². The lowest BCUT2D eigenvalue weighted by Gasteiger charge is -2.34. The van der Waals surface area contributed by atoms with Gasteiger partial charge in [-0.05, 0) is 198 Å². The Labute approximate surface area is 433 Å². The van der Waals surface area contributed by atoms with Crippen LogP contribution in [0.15, 0.2) is 182 Å². The molecule has 2 aliphatic carbocycles. The molecule has 1 heterocycles. The summed E-state index contributed by atoms with van der Waals surface area (Å²) in [4.78, 5) is 35.4. The average Bonchev–Trinajstić information content (AvgIpc) is 3.71. The number of hydrogen-bond donors (Lipinski definition) is 0. The molecule has 0 aromatic heterocycles. The van der Waals surface area contributed by atoms with Gasteiger partial charge in [0.05, 0.1) is 25.3 Å². The van der Waals surface area contributed by atoms with Crippen LogP contribution in [0.2, 0.25) is 0 Å². The van der Waals surface area contributed by atoms with Crippen molar-refractivity contribution in [2.24, 2.45) is 0 Å². The number of hydrogen-bond acceptors (Lipinski definition) is 6. The molecule has 364 valence electrons. The summed E-state index contributed by atoms with van der Waals surface area (Å²) in [5, 5.41) is 0. The first-order valence-electron chi connectivity index (χ1n) is 25.8. The Bertz CT molecular complexity index is 3310. The number of nitrogens with zero attached hydrogens (tertiary/aromatic N) is 3. The van der Waals surface area contributed by atoms with Crippen molar-refractivity contribution < 1.29 is 19.1 Å². The fourth-order valence-electron chi connectivity index (χ4n) is 12.3. The summed E-state index contributed by atoms with van der Waals surface area (Å²) in [6, 6.07) is 63.9. The highest BCUT2D eigenvalue weighted by Gasteiger charge is 2.45. The predicted octanol–water partition coefficient (Wildman–Crippen LogP) is 16.1. The van der Waals surface area contributed by atoms with Gasteiger partial charge < -0.3 is 19.3 Å². The molecule has 7 nitrogen and oxygen atoms in total. The molecule has 0 radical (unpaired) electrons. The monoisotopic (exact) mass is 967 g/mol. The first-order valence-corrected chi connectivity index (χ1v) is 25.8. The van der Waals surface area contributed by atoms with Crippen LogP contribution < -0.4 is 19.3 Å². The number of carbonyl (C=O) groups excluding carboxylic acids is 2. The third kappa shape index (κ3) is 7.56. The summed E-state index contributed by atoms with van der Waals surface area (Å²) < 4.78 is 12.9. The molecule has 0 fully saturated rings. The topological polar surface area (TPSA) is 62.3 Å². The number of rotatable bonds is 12. The summed E-state index contributed by atoms with van der Waals surface area (Å²) in [5.41, 5.74) is 22.3. The van der Waals surface area contributed by atoms with Crippen molar-refractivity contribution in [1.29, 1.82) is 0 Å². The Balaban J connectivity index is 1.01. The normalized spacial score (nSPS) is 13.1. The smallest absolute Gasteiger partial charge is 0.261 e. The second-order valence-corrected chi connectivity index (χ2v) is 19.6. The Morgan fingerprint density at radius 2 is 0.743 bits per heavy atom. The van der Waals surface area contributed by atoms with E-state index in [4.69, 9.17) is 9.47 Å². The zero-order valence-electron chi connectivity index (χ0n) is 42.5. The minimum absolute atomic E-state index is 0.173. The van der Waals surface area contributed by atoms with E-state index in [0.29, 0.717) is 49.8 Å². The molecule has 74 heavy (non-hydrogen) atoms. The highest BCUT2D eigenvalue weighted by molar-refractivity contribution is 6.25. The van der Waals surface area contributed by atoms with Crippen LogP contribution in [-0.4, -0.2) is 37.5 Å². The van der Waals surface area contributed by atoms with E-state index in [2.05, 4.69) is 181 Å². The number of para-hydroxylation sites is 4. The van der Waals surface area contributed by atoms with Gasteiger partial charge in [-0.25, -0.2) is 0 Å². The van der Waals surface area contributed by atoms with E-state index in [1.807, 2.05) is 31.2 Å². The molecule has 0 saturated carbocycles. The van der Waals surface area contributed by atoms with Gasteiger partial charge in [0.15, 0.2) is 0 Å². The van der Waals surface area contributed by atoms with Crippen LogP contribution >= 0.6 is 0 Å². The molecule has 9 aromatic carbocycles. The molecule has 9 aromatic rings. The van der Waals surface area contributed by atoms with Gasteiger partial charge >= 0.3 is 0 Å². The summed E-state index contributed by atoms with van der Waals surface area (Å²) in [7, 11) is 3.51. The molecule has 0 saturated heterocycles. The number of methoxy groups -OCH3 is 2. The van der Waals surface area contributed by atoms with Crippen molar-refractivity contribution in [1.82, 2.24) is 4.90 Å². The molecule has 0 atom stereocenters. The number of amides is 2. The fraction of sp³-hybridized carbons (Fsp3) is 0.164. The van der Waals surface area contributed by atoms with Crippen molar-refractivity contribution in [2.75, 3.05) is 30.6 Å². The molecular weight excluding hydrogens is 911 g/mol. The van der Waals surface area contributed by atoms with Gasteiger partial charge in [-0.15, -0.1) is 0 Å². The zero-order valence-corrected chi connectivity index (χ0v) is 42.5. The van der Waals surface area contributed by atoms with Crippen LogP contribution in [0.4, 0.5) is 34.1 Å². The molecule has 12 rings (SSSR count). The summed E-state index contributed by atoms with van der Waals surface area (Å²) >= 11 is 0. The standard InChI is InChI=1S/C67H57N3O4/c1-6-39-68-66(71)62-54-37-31-46-40-56(44-27-33-52(34-28-44)69(48-19-11-7-12-20-48)49-21-13-8-14-22-49)64(73-4)42(2)58(46)60(54)61-55(63(62)67(68)72)38-32-47-41-57(65(74-5)43(3)59(47)61)45-29-35-53(36-30-45)70(50-23-15-9-16-24-50)51-25-17-10-18-26-51/h7-30,33-36,40-41H,6,31-32,37-39H2,1-5H3. The number of anilines is 6. The van der Waals surface area contributed by atoms with E-state index in [9.17, 15) is 9.59 Å². The Morgan fingerprint density at radius 3 is 1.05 bits per heavy atom. The summed E-state index contributed by atoms with van der Waals surface area (Å²) in [5.74, 6) is 1.23. The van der Waals surface area contributed by atoms with Gasteiger partial charge in [0.2, 0.25) is 0 Å². The van der Waals surface area contributed by atoms with E-state index in [1.165, 1.54) is 16.0 Å². The molecule has 1 aliphatic heterocycles. The largest absolute Gasteiger partial charge is 0.496 e. The van der Waals surface area contributed by atoms with Crippen LogP contribution in [0.1, 0.15) is 67.4 Å². The average molecular weight is 968 g/mol. The lowest BCUT2D eigenvalue weighted by Crippen LogP contribution is -2.30. The molecule has 2 amide bonds. The van der Waals surface area contributed by atoms with Crippen LogP contribution in [0.3, 0.4) is 0 Å². The number of ether oxygens (including phenoxy) is 2. The van der Waals surface area contributed by atoms with Crippen molar-refractivity contribution in [3.8, 4) is 56.0 Å². The molecule has 0 bridgehead atoms. The molecule has 0 N–H and O–H groups in total. The van der Waals surface area contributed by atoms with Crippen molar-refractivity contribution in [3.63, 3.8) is 0 Å². The summed E-state index contributed by atoms with van der Waals surface area (Å²) in [6.45, 7) is 6.73. The third-order valence-corrected chi connectivity index (χ3v) is 15.4. The van der Waals surface area contributed by atoms with Crippen molar-refractivity contribution in [2.45, 2.75) is 52.9 Å². The lowest BCUT2D eigenvalue weighted by atomic mass is 9.69. The molecular formula is C67H57N3O4. The Morgan fingerprint density at radius 1 is 0.419 bits per heavy atom. The molecule has 3 aliphatic rings. The second kappa shape index (κ2) is 19.1. The van der Waals surface area contributed by atoms with Gasteiger partial charge in [-0.2, -0.15) is 0 Å². The maximum absolute atomic E-state index is 14.7. The van der Waals surface area contributed by atoms with Gasteiger partial charge in [0.25, 0.3) is 11.8 Å². The van der Waals surface area contributed by atoms with E-state index in [-0.39, 0.29) is 11.8 Å². The molecule has 0 spiro atoms. The van der Waals surface area contributed by atoms with Crippen LogP contribution in [0.25, 0.3) is 44.5 Å². The Kier molecular flexibility index (Phi) is 11.9.